The van der Waals surface area contributed by atoms with Crippen molar-refractivity contribution in [2.75, 3.05) is 10.6 Å². The maximum absolute atomic E-state index is 13.0. The predicted octanol–water partition coefficient (Wildman–Crippen LogP) is 4.62. The number of ketones is 2. The molecule has 1 aliphatic heterocycles. The summed E-state index contributed by atoms with van der Waals surface area (Å²) in [6.07, 6.45) is -5.44. The number of nitrogens with one attached hydrogen (secondary N) is 2. The number of halogens is 3. The number of benzene rings is 2. The van der Waals surface area contributed by atoms with Crippen LogP contribution in [0.25, 0.3) is 0 Å². The first kappa shape index (κ1) is 20.7. The number of anilines is 2. The van der Waals surface area contributed by atoms with Crippen LogP contribution in [0.3, 0.4) is 0 Å². The van der Waals surface area contributed by atoms with Gasteiger partial charge in [0.15, 0.2) is 5.78 Å². The van der Waals surface area contributed by atoms with E-state index in [1.807, 2.05) is 17.4 Å². The first-order valence-corrected chi connectivity index (χ1v) is 9.27. The lowest BCUT2D eigenvalue weighted by Gasteiger charge is -2.21. The van der Waals surface area contributed by atoms with Gasteiger partial charge in [0.2, 0.25) is 5.78 Å². The largest absolute Gasteiger partial charge is 0.418 e. The molecule has 0 atom stereocenters. The summed E-state index contributed by atoms with van der Waals surface area (Å²) in [5.41, 5.74) is -0.257. The van der Waals surface area contributed by atoms with E-state index in [-0.39, 0.29) is 4.91 Å². The van der Waals surface area contributed by atoms with Crippen LogP contribution in [-0.4, -0.2) is 17.5 Å². The minimum Gasteiger partial charge on any atom is -0.357 e. The van der Waals surface area contributed by atoms with E-state index in [4.69, 9.17) is 0 Å². The third kappa shape index (κ3) is 4.68. The zero-order chi connectivity index (χ0) is 21.2. The summed E-state index contributed by atoms with van der Waals surface area (Å²) in [7, 11) is 0. The van der Waals surface area contributed by atoms with Gasteiger partial charge in [0.05, 0.1) is 28.3 Å². The Morgan fingerprint density at radius 1 is 1.03 bits per heavy atom. The van der Waals surface area contributed by atoms with Gasteiger partial charge in [0.1, 0.15) is 0 Å². The molecule has 2 N–H and O–H groups in total. The lowest BCUT2D eigenvalue weighted by molar-refractivity contribution is -0.138. The number of alkyl halides is 3. The van der Waals surface area contributed by atoms with Gasteiger partial charge in [0.25, 0.3) is 5.91 Å². The summed E-state index contributed by atoms with van der Waals surface area (Å²) < 4.78 is 39.0. The molecule has 0 bridgehead atoms. The fourth-order valence-electron chi connectivity index (χ4n) is 2.71. The lowest BCUT2D eigenvalue weighted by atomic mass is 10.1. The van der Waals surface area contributed by atoms with Crippen molar-refractivity contribution >= 4 is 40.6 Å². The molecule has 150 valence electrons. The number of rotatable bonds is 5. The molecule has 5 nitrogen and oxygen atoms in total. The van der Waals surface area contributed by atoms with Crippen LogP contribution in [0.5, 0.6) is 0 Å². The highest BCUT2D eigenvalue weighted by Gasteiger charge is 2.34. The Kier molecular flexibility index (Phi) is 5.78. The minimum absolute atomic E-state index is 0.278. The Labute approximate surface area is 168 Å². The summed E-state index contributed by atoms with van der Waals surface area (Å²) in [4.78, 5) is 37.8. The Balaban J connectivity index is 1.70. The Hall–Kier alpha value is -3.07. The number of hydrogen-bond donors (Lipinski definition) is 2. The molecule has 0 fully saturated rings. The number of carbonyl (C=O) groups excluding carboxylic acids is 3. The van der Waals surface area contributed by atoms with Gasteiger partial charge in [-0.3, -0.25) is 14.4 Å². The van der Waals surface area contributed by atoms with E-state index in [9.17, 15) is 27.6 Å². The van der Waals surface area contributed by atoms with E-state index in [0.717, 1.165) is 22.7 Å². The molecule has 1 heterocycles. The summed E-state index contributed by atoms with van der Waals surface area (Å²) in [5.74, 6) is -2.98. The smallest absolute Gasteiger partial charge is 0.357 e. The number of amides is 1. The molecule has 0 aromatic heterocycles. The van der Waals surface area contributed by atoms with Crippen molar-refractivity contribution in [3.8, 4) is 0 Å². The molecule has 1 aliphatic rings. The van der Waals surface area contributed by atoms with E-state index in [2.05, 4.69) is 5.32 Å². The van der Waals surface area contributed by atoms with Gasteiger partial charge in [-0.25, -0.2) is 0 Å². The maximum Gasteiger partial charge on any atom is 0.418 e. The number of fused-ring (bicyclic) bond motifs is 1. The van der Waals surface area contributed by atoms with E-state index in [1.54, 1.807) is 19.1 Å². The number of para-hydroxylation sites is 2. The van der Waals surface area contributed by atoms with Crippen LogP contribution in [0, 0.1) is 0 Å². The van der Waals surface area contributed by atoms with Crippen molar-refractivity contribution in [3.05, 3.63) is 64.7 Å². The quantitative estimate of drug-likeness (QED) is 0.545. The Morgan fingerprint density at radius 3 is 2.41 bits per heavy atom. The van der Waals surface area contributed by atoms with Gasteiger partial charge >= 0.3 is 6.18 Å². The molecule has 9 heteroatoms. The van der Waals surface area contributed by atoms with Crippen molar-refractivity contribution in [2.45, 2.75) is 24.4 Å². The topological polar surface area (TPSA) is 75.3 Å². The van der Waals surface area contributed by atoms with Crippen molar-refractivity contribution in [1.29, 1.82) is 0 Å². The van der Waals surface area contributed by atoms with E-state index in [0.29, 0.717) is 5.70 Å². The van der Waals surface area contributed by atoms with Gasteiger partial charge in [-0.05, 0) is 31.2 Å². The minimum atomic E-state index is -4.69. The van der Waals surface area contributed by atoms with E-state index >= 15 is 0 Å². The standard InChI is InChI=1S/C20H15F3N2O3S/c1-11-18(29-17-9-5-4-8-14(17)24-11)15(26)10-16(27)19(28)25-13-7-3-2-6-12(13)20(21,22)23/h2-9,24H,10H2,1H3,(H,25,28). The summed E-state index contributed by atoms with van der Waals surface area (Å²) in [5, 5.41) is 5.01. The first-order chi connectivity index (χ1) is 13.7. The van der Waals surface area contributed by atoms with Gasteiger partial charge < -0.3 is 10.6 Å². The Morgan fingerprint density at radius 2 is 1.69 bits per heavy atom. The van der Waals surface area contributed by atoms with Crippen LogP contribution in [0.15, 0.2) is 64.0 Å². The van der Waals surface area contributed by atoms with E-state index in [1.165, 1.54) is 23.9 Å². The van der Waals surface area contributed by atoms with Crippen LogP contribution >= 0.6 is 11.8 Å². The number of hydrogen-bond acceptors (Lipinski definition) is 5. The SMILES string of the molecule is CC1=C(C(=O)CC(=O)C(=O)Nc2ccccc2C(F)(F)F)Sc2ccccc2N1. The molecule has 1 amide bonds. The highest BCUT2D eigenvalue weighted by molar-refractivity contribution is 8.04. The summed E-state index contributed by atoms with van der Waals surface area (Å²) >= 11 is 1.17. The molecule has 0 spiro atoms. The highest BCUT2D eigenvalue weighted by atomic mass is 32.2. The molecular weight excluding hydrogens is 405 g/mol. The Bertz CT molecular complexity index is 1030. The van der Waals surface area contributed by atoms with Gasteiger partial charge in [-0.1, -0.05) is 36.0 Å². The fourth-order valence-corrected chi connectivity index (χ4v) is 3.69. The molecule has 0 radical (unpaired) electrons. The summed E-state index contributed by atoms with van der Waals surface area (Å²) in [6, 6.07) is 11.6. The molecule has 0 saturated carbocycles. The number of Topliss-reactive ketones (excluding diaryl/α,β-unsaturated/α-hetero) is 2. The molecule has 2 aromatic rings. The second kappa shape index (κ2) is 8.12. The zero-order valence-corrected chi connectivity index (χ0v) is 15.9. The molecule has 0 saturated heterocycles. The van der Waals surface area contributed by atoms with Crippen molar-refractivity contribution in [1.82, 2.24) is 0 Å². The van der Waals surface area contributed by atoms with Crippen molar-refractivity contribution < 1.29 is 27.6 Å². The third-order valence-electron chi connectivity index (χ3n) is 4.07. The van der Waals surface area contributed by atoms with Gasteiger partial charge in [-0.2, -0.15) is 13.2 Å². The average Bonchev–Trinajstić information content (AvgIpc) is 2.66. The molecule has 0 unspecified atom stereocenters. The van der Waals surface area contributed by atoms with Gasteiger partial charge in [-0.15, -0.1) is 0 Å². The predicted molar refractivity (Wildman–Crippen MR) is 103 cm³/mol. The van der Waals surface area contributed by atoms with Crippen LogP contribution in [0.2, 0.25) is 0 Å². The number of carbonyl (C=O) groups is 3. The number of thioether (sulfide) groups is 1. The third-order valence-corrected chi connectivity index (χ3v) is 5.38. The zero-order valence-electron chi connectivity index (χ0n) is 15.1. The normalized spacial score (nSPS) is 13.4. The van der Waals surface area contributed by atoms with Crippen molar-refractivity contribution in [3.63, 3.8) is 0 Å². The van der Waals surface area contributed by atoms with E-state index < -0.39 is 41.3 Å². The molecule has 3 rings (SSSR count). The molecule has 29 heavy (non-hydrogen) atoms. The number of allylic oxidation sites excluding steroid dienone is 2. The fraction of sp³-hybridized carbons (Fsp3) is 0.150. The first-order valence-electron chi connectivity index (χ1n) is 8.45. The van der Waals surface area contributed by atoms with Crippen LogP contribution in [0.4, 0.5) is 24.5 Å². The maximum atomic E-state index is 13.0. The highest BCUT2D eigenvalue weighted by Crippen LogP contribution is 2.40. The average molecular weight is 420 g/mol. The molecular formula is C20H15F3N2O3S. The van der Waals surface area contributed by atoms with Crippen LogP contribution in [-0.2, 0) is 20.6 Å². The summed E-state index contributed by atoms with van der Waals surface area (Å²) in [6.45, 7) is 1.67. The monoisotopic (exact) mass is 420 g/mol. The second-order valence-electron chi connectivity index (χ2n) is 6.20. The lowest BCUT2D eigenvalue weighted by Crippen LogP contribution is -2.27. The van der Waals surface area contributed by atoms with Crippen LogP contribution in [0.1, 0.15) is 18.9 Å². The second-order valence-corrected chi connectivity index (χ2v) is 7.25. The molecule has 2 aromatic carbocycles. The molecule has 0 aliphatic carbocycles. The van der Waals surface area contributed by atoms with Crippen molar-refractivity contribution in [2.24, 2.45) is 0 Å². The van der Waals surface area contributed by atoms with Crippen LogP contribution < -0.4 is 10.6 Å². The van der Waals surface area contributed by atoms with Gasteiger partial charge in [0, 0.05) is 10.6 Å².